The van der Waals surface area contributed by atoms with Gasteiger partial charge < -0.3 is 10.5 Å². The summed E-state index contributed by atoms with van der Waals surface area (Å²) in [6.07, 6.45) is -1.62. The summed E-state index contributed by atoms with van der Waals surface area (Å²) >= 11 is 0. The Balaban J connectivity index is 2.91. The highest BCUT2D eigenvalue weighted by Gasteiger charge is 2.31. The van der Waals surface area contributed by atoms with Crippen LogP contribution >= 0.6 is 0 Å². The molecule has 0 aliphatic rings. The standard InChI is InChI=1S/C10H8F3NO2/c11-10(12,13)16-8-4-3-7(2-1-5-15)9(14)6-8/h1-6H,14H2. The molecular formula is C10H8F3NO2. The highest BCUT2D eigenvalue weighted by atomic mass is 19.4. The van der Waals surface area contributed by atoms with E-state index in [0.29, 0.717) is 11.8 Å². The Labute approximate surface area is 89.3 Å². The number of allylic oxidation sites excluding steroid dienone is 1. The zero-order chi connectivity index (χ0) is 12.2. The summed E-state index contributed by atoms with van der Waals surface area (Å²) in [5.74, 6) is -0.395. The van der Waals surface area contributed by atoms with Crippen molar-refractivity contribution >= 4 is 18.0 Å². The van der Waals surface area contributed by atoms with Crippen molar-refractivity contribution in [3.05, 3.63) is 29.8 Å². The van der Waals surface area contributed by atoms with Gasteiger partial charge in [-0.25, -0.2) is 0 Å². The van der Waals surface area contributed by atoms with Gasteiger partial charge in [0.2, 0.25) is 0 Å². The second kappa shape index (κ2) is 4.69. The third-order valence-corrected chi connectivity index (χ3v) is 1.65. The van der Waals surface area contributed by atoms with Crippen LogP contribution in [0.2, 0.25) is 0 Å². The Kier molecular flexibility index (Phi) is 3.55. The summed E-state index contributed by atoms with van der Waals surface area (Å²) < 4.78 is 39.2. The monoisotopic (exact) mass is 231 g/mol. The van der Waals surface area contributed by atoms with E-state index in [4.69, 9.17) is 5.73 Å². The summed E-state index contributed by atoms with van der Waals surface area (Å²) in [7, 11) is 0. The van der Waals surface area contributed by atoms with Gasteiger partial charge in [-0.2, -0.15) is 0 Å². The van der Waals surface area contributed by atoms with Gasteiger partial charge in [-0.3, -0.25) is 4.79 Å². The van der Waals surface area contributed by atoms with Crippen LogP contribution in [0.1, 0.15) is 5.56 Å². The van der Waals surface area contributed by atoms with Gasteiger partial charge in [-0.05, 0) is 29.8 Å². The molecule has 0 amide bonds. The second-order valence-electron chi connectivity index (χ2n) is 2.83. The Morgan fingerprint density at radius 3 is 2.50 bits per heavy atom. The molecule has 0 aliphatic heterocycles. The molecule has 16 heavy (non-hydrogen) atoms. The highest BCUT2D eigenvalue weighted by Crippen LogP contribution is 2.26. The molecule has 0 heterocycles. The number of alkyl halides is 3. The van der Waals surface area contributed by atoms with Crippen molar-refractivity contribution in [2.24, 2.45) is 0 Å². The van der Waals surface area contributed by atoms with Gasteiger partial charge in [-0.1, -0.05) is 0 Å². The van der Waals surface area contributed by atoms with Gasteiger partial charge in [0.25, 0.3) is 0 Å². The fraction of sp³-hybridized carbons (Fsp3) is 0.100. The minimum absolute atomic E-state index is 0.0971. The molecule has 1 aromatic carbocycles. The summed E-state index contributed by atoms with van der Waals surface area (Å²) in [5.41, 5.74) is 6.01. The van der Waals surface area contributed by atoms with E-state index >= 15 is 0 Å². The lowest BCUT2D eigenvalue weighted by molar-refractivity contribution is -0.274. The Bertz CT molecular complexity index is 413. The van der Waals surface area contributed by atoms with Crippen molar-refractivity contribution in [3.63, 3.8) is 0 Å². The van der Waals surface area contributed by atoms with Crippen molar-refractivity contribution in [2.45, 2.75) is 6.36 Å². The van der Waals surface area contributed by atoms with Crippen LogP contribution in [0.3, 0.4) is 0 Å². The molecule has 3 nitrogen and oxygen atoms in total. The number of hydrogen-bond donors (Lipinski definition) is 1. The van der Waals surface area contributed by atoms with Crippen LogP contribution in [-0.4, -0.2) is 12.6 Å². The second-order valence-corrected chi connectivity index (χ2v) is 2.83. The van der Waals surface area contributed by atoms with E-state index in [1.165, 1.54) is 18.2 Å². The first kappa shape index (κ1) is 12.1. The average molecular weight is 231 g/mol. The molecular weight excluding hydrogens is 223 g/mol. The third-order valence-electron chi connectivity index (χ3n) is 1.65. The average Bonchev–Trinajstić information content (AvgIpc) is 2.14. The van der Waals surface area contributed by atoms with E-state index in [0.717, 1.165) is 12.1 Å². The molecule has 0 atom stereocenters. The van der Waals surface area contributed by atoms with Crippen LogP contribution in [0.4, 0.5) is 18.9 Å². The van der Waals surface area contributed by atoms with E-state index in [1.54, 1.807) is 0 Å². The first-order valence-corrected chi connectivity index (χ1v) is 4.19. The maximum absolute atomic E-state index is 11.9. The molecule has 0 radical (unpaired) electrons. The van der Waals surface area contributed by atoms with Crippen LogP contribution in [0.5, 0.6) is 5.75 Å². The molecule has 6 heteroatoms. The molecule has 0 aromatic heterocycles. The van der Waals surface area contributed by atoms with Crippen LogP contribution in [0, 0.1) is 0 Å². The normalized spacial score (nSPS) is 11.7. The van der Waals surface area contributed by atoms with E-state index in [1.807, 2.05) is 0 Å². The summed E-state index contributed by atoms with van der Waals surface area (Å²) in [4.78, 5) is 10.0. The molecule has 0 bridgehead atoms. The number of ether oxygens (including phenoxy) is 1. The zero-order valence-electron chi connectivity index (χ0n) is 7.99. The topological polar surface area (TPSA) is 52.3 Å². The van der Waals surface area contributed by atoms with Crippen LogP contribution in [0.25, 0.3) is 6.08 Å². The third kappa shape index (κ3) is 3.64. The number of nitrogens with two attached hydrogens (primary N) is 1. The Hall–Kier alpha value is -1.98. The van der Waals surface area contributed by atoms with Gasteiger partial charge in [0.1, 0.15) is 12.0 Å². The van der Waals surface area contributed by atoms with Gasteiger partial charge in [-0.15, -0.1) is 13.2 Å². The van der Waals surface area contributed by atoms with Gasteiger partial charge in [0.05, 0.1) is 0 Å². The number of carbonyl (C=O) groups excluding carboxylic acids is 1. The van der Waals surface area contributed by atoms with Crippen molar-refractivity contribution in [3.8, 4) is 5.75 Å². The molecule has 0 saturated heterocycles. The van der Waals surface area contributed by atoms with Crippen LogP contribution < -0.4 is 10.5 Å². The summed E-state index contributed by atoms with van der Waals surface area (Å²) in [6.45, 7) is 0. The lowest BCUT2D eigenvalue weighted by atomic mass is 10.1. The van der Waals surface area contributed by atoms with E-state index in [-0.39, 0.29) is 5.69 Å². The van der Waals surface area contributed by atoms with Gasteiger partial charge in [0, 0.05) is 11.8 Å². The lowest BCUT2D eigenvalue weighted by Crippen LogP contribution is -2.17. The molecule has 0 spiro atoms. The number of rotatable bonds is 3. The smallest absolute Gasteiger partial charge is 0.406 e. The molecule has 0 fully saturated rings. The van der Waals surface area contributed by atoms with E-state index in [2.05, 4.69) is 4.74 Å². The minimum atomic E-state index is -4.74. The first-order chi connectivity index (χ1) is 7.42. The fourth-order valence-corrected chi connectivity index (χ4v) is 1.04. The quantitative estimate of drug-likeness (QED) is 0.493. The molecule has 2 N–H and O–H groups in total. The Morgan fingerprint density at radius 2 is 2.00 bits per heavy atom. The van der Waals surface area contributed by atoms with Crippen molar-refractivity contribution in [2.75, 3.05) is 5.73 Å². The largest absolute Gasteiger partial charge is 0.573 e. The summed E-state index contributed by atoms with van der Waals surface area (Å²) in [6, 6.07) is 3.49. The van der Waals surface area contributed by atoms with Crippen molar-refractivity contribution in [1.82, 2.24) is 0 Å². The fourth-order valence-electron chi connectivity index (χ4n) is 1.04. The molecule has 0 unspecified atom stereocenters. The van der Waals surface area contributed by atoms with Gasteiger partial charge >= 0.3 is 6.36 Å². The van der Waals surface area contributed by atoms with Crippen molar-refractivity contribution < 1.29 is 22.7 Å². The van der Waals surface area contributed by atoms with E-state index in [9.17, 15) is 18.0 Å². The molecule has 0 saturated carbocycles. The van der Waals surface area contributed by atoms with Crippen LogP contribution in [0.15, 0.2) is 24.3 Å². The van der Waals surface area contributed by atoms with E-state index < -0.39 is 12.1 Å². The SMILES string of the molecule is Nc1cc(OC(F)(F)F)ccc1C=CC=O. The molecule has 0 aliphatic carbocycles. The number of hydrogen-bond acceptors (Lipinski definition) is 3. The first-order valence-electron chi connectivity index (χ1n) is 4.19. The lowest BCUT2D eigenvalue weighted by Gasteiger charge is -2.10. The number of carbonyl (C=O) groups is 1. The number of benzene rings is 1. The highest BCUT2D eigenvalue weighted by molar-refractivity contribution is 5.77. The molecule has 1 aromatic rings. The predicted molar refractivity (Wildman–Crippen MR) is 52.6 cm³/mol. The molecule has 1 rings (SSSR count). The van der Waals surface area contributed by atoms with Crippen LogP contribution in [-0.2, 0) is 4.79 Å². The van der Waals surface area contributed by atoms with Crippen molar-refractivity contribution in [1.29, 1.82) is 0 Å². The maximum atomic E-state index is 11.9. The minimum Gasteiger partial charge on any atom is -0.406 e. The number of halogens is 3. The summed E-state index contributed by atoms with van der Waals surface area (Å²) in [5, 5.41) is 0. The maximum Gasteiger partial charge on any atom is 0.573 e. The molecule has 86 valence electrons. The predicted octanol–water partition coefficient (Wildman–Crippen LogP) is 2.38. The number of nitrogen functional groups attached to an aromatic ring is 1. The Morgan fingerprint density at radius 1 is 1.31 bits per heavy atom. The number of anilines is 1. The zero-order valence-corrected chi connectivity index (χ0v) is 7.99. The number of aldehydes is 1. The van der Waals surface area contributed by atoms with Gasteiger partial charge in [0.15, 0.2) is 0 Å².